The molecule has 1 aromatic rings. The van der Waals surface area contributed by atoms with Gasteiger partial charge in [0, 0.05) is 19.6 Å². The average Bonchev–Trinajstić information content (AvgIpc) is 2.60. The van der Waals surface area contributed by atoms with E-state index in [2.05, 4.69) is 20.3 Å². The summed E-state index contributed by atoms with van der Waals surface area (Å²) in [5.74, 6) is 2.00. The van der Waals surface area contributed by atoms with Crippen molar-refractivity contribution in [3.63, 3.8) is 0 Å². The number of halogens is 1. The van der Waals surface area contributed by atoms with Gasteiger partial charge in [-0.25, -0.2) is 13.1 Å². The highest BCUT2D eigenvalue weighted by atomic mass is 127. The number of methoxy groups -OCH3 is 1. The van der Waals surface area contributed by atoms with E-state index < -0.39 is 10.0 Å². The van der Waals surface area contributed by atoms with E-state index in [9.17, 15) is 8.42 Å². The molecule has 0 aromatic heterocycles. The molecule has 1 aliphatic rings. The van der Waals surface area contributed by atoms with E-state index in [1.807, 2.05) is 31.2 Å². The number of hydrogen-bond donors (Lipinski definition) is 3. The van der Waals surface area contributed by atoms with Gasteiger partial charge >= 0.3 is 0 Å². The van der Waals surface area contributed by atoms with Gasteiger partial charge in [-0.15, -0.1) is 24.0 Å². The first-order valence-corrected chi connectivity index (χ1v) is 11.3. The van der Waals surface area contributed by atoms with Gasteiger partial charge in [-0.2, -0.15) is 0 Å². The minimum Gasteiger partial charge on any atom is -0.497 e. The molecule has 1 saturated carbocycles. The van der Waals surface area contributed by atoms with Crippen LogP contribution >= 0.6 is 24.0 Å². The minimum absolute atomic E-state index is 0. The number of rotatable bonds is 11. The van der Waals surface area contributed by atoms with Gasteiger partial charge in [0.05, 0.1) is 19.4 Å². The van der Waals surface area contributed by atoms with E-state index in [-0.39, 0.29) is 36.3 Å². The third kappa shape index (κ3) is 9.42. The van der Waals surface area contributed by atoms with Crippen molar-refractivity contribution in [2.75, 3.05) is 39.0 Å². The number of benzene rings is 1. The number of sulfonamides is 1. The van der Waals surface area contributed by atoms with Gasteiger partial charge in [-0.1, -0.05) is 18.6 Å². The summed E-state index contributed by atoms with van der Waals surface area (Å²) < 4.78 is 31.9. The summed E-state index contributed by atoms with van der Waals surface area (Å²) in [6, 6.07) is 7.95. The first kappa shape index (κ1) is 25.0. The van der Waals surface area contributed by atoms with E-state index in [0.717, 1.165) is 31.6 Å². The molecular weight excluding hydrogens is 491 g/mol. The summed E-state index contributed by atoms with van der Waals surface area (Å²) in [6.45, 7) is 4.22. The standard InChI is InChI=1S/C19H32N4O3S.HI/c1-3-20-19(21-12-11-16-7-9-18(26-2)10-8-16)22-13-14-27(24,25)23-15-17-5-4-6-17;/h7-10,17,23H,3-6,11-15H2,1-2H3,(H2,20,21,22);1H. The van der Waals surface area contributed by atoms with E-state index >= 15 is 0 Å². The molecule has 1 aliphatic carbocycles. The lowest BCUT2D eigenvalue weighted by Gasteiger charge is -2.25. The predicted molar refractivity (Wildman–Crippen MR) is 125 cm³/mol. The van der Waals surface area contributed by atoms with Crippen LogP contribution in [-0.2, 0) is 16.4 Å². The quantitative estimate of drug-likeness (QED) is 0.235. The first-order valence-electron chi connectivity index (χ1n) is 9.65. The van der Waals surface area contributed by atoms with Crippen molar-refractivity contribution in [1.82, 2.24) is 15.4 Å². The van der Waals surface area contributed by atoms with Gasteiger partial charge in [-0.3, -0.25) is 4.99 Å². The van der Waals surface area contributed by atoms with E-state index in [0.29, 0.717) is 25.0 Å². The minimum atomic E-state index is -3.26. The van der Waals surface area contributed by atoms with Crippen molar-refractivity contribution < 1.29 is 13.2 Å². The van der Waals surface area contributed by atoms with E-state index in [1.54, 1.807) is 7.11 Å². The van der Waals surface area contributed by atoms with Crippen LogP contribution in [0.3, 0.4) is 0 Å². The maximum atomic E-state index is 12.0. The molecule has 2 rings (SSSR count). The molecule has 9 heteroatoms. The molecule has 0 spiro atoms. The first-order chi connectivity index (χ1) is 13.0. The van der Waals surface area contributed by atoms with Crippen molar-refractivity contribution in [1.29, 1.82) is 0 Å². The van der Waals surface area contributed by atoms with Gasteiger partial charge < -0.3 is 15.4 Å². The summed E-state index contributed by atoms with van der Waals surface area (Å²) in [7, 11) is -1.61. The zero-order valence-electron chi connectivity index (χ0n) is 16.7. The maximum absolute atomic E-state index is 12.0. The molecule has 1 aromatic carbocycles. The van der Waals surface area contributed by atoms with E-state index in [1.165, 1.54) is 12.0 Å². The Morgan fingerprint density at radius 2 is 1.93 bits per heavy atom. The predicted octanol–water partition coefficient (Wildman–Crippen LogP) is 2.13. The third-order valence-electron chi connectivity index (χ3n) is 4.66. The van der Waals surface area contributed by atoms with Crippen LogP contribution in [0.2, 0.25) is 0 Å². The van der Waals surface area contributed by atoms with Crippen LogP contribution in [-0.4, -0.2) is 53.4 Å². The summed E-state index contributed by atoms with van der Waals surface area (Å²) in [6.07, 6.45) is 4.31. The fraction of sp³-hybridized carbons (Fsp3) is 0.632. The monoisotopic (exact) mass is 524 g/mol. The highest BCUT2D eigenvalue weighted by Crippen LogP contribution is 2.25. The van der Waals surface area contributed by atoms with Crippen molar-refractivity contribution in [2.45, 2.75) is 32.6 Å². The van der Waals surface area contributed by atoms with Crippen LogP contribution in [0.4, 0.5) is 0 Å². The van der Waals surface area contributed by atoms with Crippen LogP contribution in [0.1, 0.15) is 31.7 Å². The molecule has 0 aliphatic heterocycles. The Kier molecular flexibility index (Phi) is 11.8. The van der Waals surface area contributed by atoms with Crippen LogP contribution in [0.5, 0.6) is 5.75 Å². The maximum Gasteiger partial charge on any atom is 0.213 e. The highest BCUT2D eigenvalue weighted by molar-refractivity contribution is 14.0. The smallest absolute Gasteiger partial charge is 0.213 e. The summed E-state index contributed by atoms with van der Waals surface area (Å²) in [4.78, 5) is 4.37. The van der Waals surface area contributed by atoms with Crippen molar-refractivity contribution in [2.24, 2.45) is 10.9 Å². The van der Waals surface area contributed by atoms with Crippen LogP contribution < -0.4 is 20.1 Å². The lowest BCUT2D eigenvalue weighted by atomic mass is 9.86. The Bertz CT molecular complexity index is 692. The average molecular weight is 524 g/mol. The number of guanidine groups is 1. The van der Waals surface area contributed by atoms with Gasteiger partial charge in [0.1, 0.15) is 5.75 Å². The van der Waals surface area contributed by atoms with E-state index in [4.69, 9.17) is 4.74 Å². The molecule has 0 bridgehead atoms. The summed E-state index contributed by atoms with van der Waals surface area (Å²) >= 11 is 0. The number of nitrogens with zero attached hydrogens (tertiary/aromatic N) is 1. The Hall–Kier alpha value is -1.07. The SMILES string of the molecule is CCNC(=NCCS(=O)(=O)NCC1CCC1)NCCc1ccc(OC)cc1.I. The number of ether oxygens (including phenoxy) is 1. The topological polar surface area (TPSA) is 91.8 Å². The Balaban J connectivity index is 0.00000392. The molecule has 7 nitrogen and oxygen atoms in total. The van der Waals surface area contributed by atoms with Gasteiger partial charge in [0.2, 0.25) is 10.0 Å². The van der Waals surface area contributed by atoms with Crippen LogP contribution in [0.25, 0.3) is 0 Å². The number of nitrogens with one attached hydrogen (secondary N) is 3. The second-order valence-corrected chi connectivity index (χ2v) is 8.68. The molecule has 0 radical (unpaired) electrons. The fourth-order valence-corrected chi connectivity index (χ4v) is 3.72. The lowest BCUT2D eigenvalue weighted by molar-refractivity contribution is 0.316. The van der Waals surface area contributed by atoms with Crippen LogP contribution in [0, 0.1) is 5.92 Å². The highest BCUT2D eigenvalue weighted by Gasteiger charge is 2.19. The van der Waals surface area contributed by atoms with Crippen molar-refractivity contribution in [3.8, 4) is 5.75 Å². The second kappa shape index (κ2) is 13.2. The lowest BCUT2D eigenvalue weighted by Crippen LogP contribution is -2.39. The largest absolute Gasteiger partial charge is 0.497 e. The molecule has 28 heavy (non-hydrogen) atoms. The van der Waals surface area contributed by atoms with Crippen molar-refractivity contribution in [3.05, 3.63) is 29.8 Å². The molecule has 0 heterocycles. The Morgan fingerprint density at radius 3 is 2.50 bits per heavy atom. The Labute approximate surface area is 186 Å². The summed E-state index contributed by atoms with van der Waals surface area (Å²) in [5.41, 5.74) is 1.20. The molecule has 0 unspecified atom stereocenters. The normalized spacial score (nSPS) is 14.7. The zero-order valence-corrected chi connectivity index (χ0v) is 19.9. The Morgan fingerprint density at radius 1 is 1.21 bits per heavy atom. The van der Waals surface area contributed by atoms with Crippen LogP contribution in [0.15, 0.2) is 29.3 Å². The van der Waals surface area contributed by atoms with Gasteiger partial charge in [0.15, 0.2) is 5.96 Å². The molecular formula is C19H33IN4O3S. The molecule has 0 atom stereocenters. The molecule has 3 N–H and O–H groups in total. The molecule has 0 saturated heterocycles. The number of aliphatic imine (C=N–C) groups is 1. The molecule has 1 fully saturated rings. The third-order valence-corrected chi connectivity index (χ3v) is 5.98. The van der Waals surface area contributed by atoms with Gasteiger partial charge in [0.25, 0.3) is 0 Å². The summed E-state index contributed by atoms with van der Waals surface area (Å²) in [5, 5.41) is 6.39. The molecule has 160 valence electrons. The fourth-order valence-electron chi connectivity index (χ4n) is 2.75. The second-order valence-electron chi connectivity index (χ2n) is 6.75. The van der Waals surface area contributed by atoms with Crippen molar-refractivity contribution >= 4 is 40.0 Å². The number of hydrogen-bond acceptors (Lipinski definition) is 4. The zero-order chi connectivity index (χ0) is 19.5. The molecule has 0 amide bonds. The van der Waals surface area contributed by atoms with Gasteiger partial charge in [-0.05, 0) is 49.8 Å².